The van der Waals surface area contributed by atoms with E-state index in [0.717, 1.165) is 21.9 Å². The van der Waals surface area contributed by atoms with Crippen molar-refractivity contribution in [3.8, 4) is 16.5 Å². The van der Waals surface area contributed by atoms with Gasteiger partial charge in [-0.15, -0.1) is 11.3 Å². The maximum absolute atomic E-state index is 12.1. The number of rotatable bonds is 10. The molecule has 0 aliphatic heterocycles. The highest BCUT2D eigenvalue weighted by Crippen LogP contribution is 2.34. The van der Waals surface area contributed by atoms with Crippen LogP contribution in [0.5, 0.6) is 5.75 Å². The molecule has 172 valence electrons. The largest absolute Gasteiger partial charge is 0.487 e. The van der Waals surface area contributed by atoms with Crippen LogP contribution in [-0.4, -0.2) is 30.3 Å². The van der Waals surface area contributed by atoms with Gasteiger partial charge < -0.3 is 18.6 Å². The molecular weight excluding hydrogens is 438 g/mol. The minimum absolute atomic E-state index is 0.309. The third kappa shape index (κ3) is 5.61. The van der Waals surface area contributed by atoms with Crippen molar-refractivity contribution in [1.82, 2.24) is 4.98 Å². The van der Waals surface area contributed by atoms with Gasteiger partial charge in [-0.2, -0.15) is 0 Å². The fourth-order valence-electron chi connectivity index (χ4n) is 3.49. The number of carbonyl (C=O) groups excluding carboxylic acids is 1. The summed E-state index contributed by atoms with van der Waals surface area (Å²) in [5.74, 6) is 1.74. The second-order valence-electron chi connectivity index (χ2n) is 7.50. The number of nitrogens with zero attached hydrogens (tertiary/aromatic N) is 1. The van der Waals surface area contributed by atoms with Crippen molar-refractivity contribution in [2.75, 3.05) is 13.2 Å². The summed E-state index contributed by atoms with van der Waals surface area (Å²) in [6, 6.07) is 18.0. The number of aryl methyl sites for hydroxylation is 1. The van der Waals surface area contributed by atoms with Crippen molar-refractivity contribution in [3.05, 3.63) is 71.6 Å². The van der Waals surface area contributed by atoms with Gasteiger partial charge in [-0.1, -0.05) is 30.3 Å². The van der Waals surface area contributed by atoms with Crippen LogP contribution in [0.3, 0.4) is 0 Å². The van der Waals surface area contributed by atoms with Gasteiger partial charge >= 0.3 is 5.97 Å². The van der Waals surface area contributed by atoms with Crippen LogP contribution in [0.25, 0.3) is 20.9 Å². The van der Waals surface area contributed by atoms with E-state index in [9.17, 15) is 4.79 Å². The maximum atomic E-state index is 12.1. The van der Waals surface area contributed by atoms with E-state index in [1.165, 1.54) is 10.1 Å². The molecule has 1 atom stereocenters. The maximum Gasteiger partial charge on any atom is 0.335 e. The van der Waals surface area contributed by atoms with Gasteiger partial charge in [-0.25, -0.2) is 9.78 Å². The van der Waals surface area contributed by atoms with Gasteiger partial charge in [-0.05, 0) is 56.0 Å². The SMILES string of the molecule is CCOC(=O)[C@H](Cc1ccc(OCc2nc(-c3cc4ccccc4s3)oc2C)cc1)OCC. The smallest absolute Gasteiger partial charge is 0.335 e. The number of oxazole rings is 1. The van der Waals surface area contributed by atoms with Gasteiger partial charge in [-0.3, -0.25) is 0 Å². The zero-order chi connectivity index (χ0) is 23.2. The number of benzene rings is 2. The Morgan fingerprint density at radius 3 is 2.61 bits per heavy atom. The van der Waals surface area contributed by atoms with Crippen LogP contribution < -0.4 is 4.74 Å². The molecule has 7 heteroatoms. The minimum atomic E-state index is -0.605. The molecule has 2 aromatic heterocycles. The molecule has 4 aromatic rings. The summed E-state index contributed by atoms with van der Waals surface area (Å²) in [5.41, 5.74) is 1.74. The average Bonchev–Trinajstić information content (AvgIpc) is 3.42. The quantitative estimate of drug-likeness (QED) is 0.269. The van der Waals surface area contributed by atoms with E-state index >= 15 is 0 Å². The van der Waals surface area contributed by atoms with Crippen LogP contribution in [0.1, 0.15) is 30.9 Å². The van der Waals surface area contributed by atoms with E-state index in [0.29, 0.717) is 37.9 Å². The highest BCUT2D eigenvalue weighted by atomic mass is 32.1. The lowest BCUT2D eigenvalue weighted by Gasteiger charge is -2.15. The standard InChI is InChI=1S/C26H27NO5S/c1-4-29-22(26(28)30-5-2)14-18-10-12-20(13-11-18)31-16-21-17(3)32-25(27-21)24-15-19-8-6-7-9-23(19)33-24/h6-13,15,22H,4-5,14,16H2,1-3H3/t22-/m0/s1. The molecule has 4 rings (SSSR count). The fourth-order valence-corrected chi connectivity index (χ4v) is 4.48. The van der Waals surface area contributed by atoms with Crippen LogP contribution in [0.15, 0.2) is 59.0 Å². The molecule has 2 aromatic carbocycles. The van der Waals surface area contributed by atoms with E-state index in [-0.39, 0.29) is 5.97 Å². The predicted octanol–water partition coefficient (Wildman–Crippen LogP) is 5.95. The van der Waals surface area contributed by atoms with E-state index < -0.39 is 6.10 Å². The number of carbonyl (C=O) groups is 1. The lowest BCUT2D eigenvalue weighted by Crippen LogP contribution is -2.28. The van der Waals surface area contributed by atoms with E-state index in [2.05, 4.69) is 23.2 Å². The topological polar surface area (TPSA) is 70.8 Å². The van der Waals surface area contributed by atoms with E-state index in [4.69, 9.17) is 18.6 Å². The Bertz CT molecular complexity index is 1180. The second kappa shape index (κ2) is 10.6. The number of thiophene rings is 1. The molecule has 0 saturated heterocycles. The van der Waals surface area contributed by atoms with Crippen LogP contribution in [0, 0.1) is 6.92 Å². The zero-order valence-electron chi connectivity index (χ0n) is 19.0. The number of fused-ring (bicyclic) bond motifs is 1. The minimum Gasteiger partial charge on any atom is -0.487 e. The van der Waals surface area contributed by atoms with Crippen molar-refractivity contribution in [3.63, 3.8) is 0 Å². The summed E-state index contributed by atoms with van der Waals surface area (Å²) in [7, 11) is 0. The van der Waals surface area contributed by atoms with Crippen molar-refractivity contribution in [1.29, 1.82) is 0 Å². The molecule has 6 nitrogen and oxygen atoms in total. The molecule has 0 unspecified atom stereocenters. The summed E-state index contributed by atoms with van der Waals surface area (Å²) >= 11 is 1.66. The van der Waals surface area contributed by atoms with Crippen LogP contribution in [-0.2, 0) is 27.3 Å². The molecule has 0 N–H and O–H groups in total. The zero-order valence-corrected chi connectivity index (χ0v) is 19.8. The van der Waals surface area contributed by atoms with Crippen molar-refractivity contribution in [2.45, 2.75) is 39.9 Å². The molecule has 0 amide bonds. The van der Waals surface area contributed by atoms with Crippen molar-refractivity contribution >= 4 is 27.4 Å². The summed E-state index contributed by atoms with van der Waals surface area (Å²) in [5, 5.41) is 1.18. The number of aromatic nitrogens is 1. The fraction of sp³-hybridized carbons (Fsp3) is 0.308. The Morgan fingerprint density at radius 1 is 1.09 bits per heavy atom. The van der Waals surface area contributed by atoms with E-state index in [1.54, 1.807) is 18.3 Å². The average molecular weight is 466 g/mol. The molecular formula is C26H27NO5S. The highest BCUT2D eigenvalue weighted by Gasteiger charge is 2.20. The van der Waals surface area contributed by atoms with Gasteiger partial charge in [0.1, 0.15) is 23.8 Å². The van der Waals surface area contributed by atoms with Crippen molar-refractivity contribution in [2.24, 2.45) is 0 Å². The van der Waals surface area contributed by atoms with Crippen LogP contribution >= 0.6 is 11.3 Å². The molecule has 0 fully saturated rings. The van der Waals surface area contributed by atoms with E-state index in [1.807, 2.05) is 50.2 Å². The lowest BCUT2D eigenvalue weighted by molar-refractivity contribution is -0.156. The summed E-state index contributed by atoms with van der Waals surface area (Å²) in [6.45, 7) is 6.64. The number of hydrogen-bond acceptors (Lipinski definition) is 7. The molecule has 0 radical (unpaired) electrons. The first-order chi connectivity index (χ1) is 16.1. The Kier molecular flexibility index (Phi) is 7.42. The summed E-state index contributed by atoms with van der Waals surface area (Å²) < 4.78 is 23.7. The van der Waals surface area contributed by atoms with Gasteiger partial charge in [0.25, 0.3) is 0 Å². The van der Waals surface area contributed by atoms with Gasteiger partial charge in [0, 0.05) is 17.7 Å². The predicted molar refractivity (Wildman–Crippen MR) is 129 cm³/mol. The summed E-state index contributed by atoms with van der Waals surface area (Å²) in [4.78, 5) is 17.7. The first kappa shape index (κ1) is 23.0. The molecule has 0 bridgehead atoms. The monoisotopic (exact) mass is 465 g/mol. The molecule has 0 aliphatic carbocycles. The lowest BCUT2D eigenvalue weighted by atomic mass is 10.1. The number of ether oxygens (including phenoxy) is 3. The Balaban J connectivity index is 1.39. The number of hydrogen-bond donors (Lipinski definition) is 0. The van der Waals surface area contributed by atoms with Gasteiger partial charge in [0.2, 0.25) is 5.89 Å². The van der Waals surface area contributed by atoms with Gasteiger partial charge in [0.05, 0.1) is 11.5 Å². The Morgan fingerprint density at radius 2 is 1.88 bits per heavy atom. The molecule has 0 aliphatic rings. The first-order valence-corrected chi connectivity index (χ1v) is 11.8. The highest BCUT2D eigenvalue weighted by molar-refractivity contribution is 7.22. The van der Waals surface area contributed by atoms with Crippen LogP contribution in [0.4, 0.5) is 0 Å². The van der Waals surface area contributed by atoms with Crippen LogP contribution in [0.2, 0.25) is 0 Å². The second-order valence-corrected chi connectivity index (χ2v) is 8.59. The third-order valence-corrected chi connectivity index (χ3v) is 6.27. The number of esters is 1. The molecule has 2 heterocycles. The molecule has 0 spiro atoms. The molecule has 0 saturated carbocycles. The molecule has 33 heavy (non-hydrogen) atoms. The summed E-state index contributed by atoms with van der Waals surface area (Å²) in [6.07, 6.45) is -0.153. The third-order valence-electron chi connectivity index (χ3n) is 5.17. The van der Waals surface area contributed by atoms with Crippen molar-refractivity contribution < 1.29 is 23.4 Å². The Labute approximate surface area is 197 Å². The Hall–Kier alpha value is -3.16. The first-order valence-electron chi connectivity index (χ1n) is 11.0. The normalized spacial score (nSPS) is 12.1. The van der Waals surface area contributed by atoms with Gasteiger partial charge in [0.15, 0.2) is 6.10 Å².